The summed E-state index contributed by atoms with van der Waals surface area (Å²) in [6, 6.07) is 4.04. The normalized spacial score (nSPS) is 10.9. The van der Waals surface area contributed by atoms with E-state index in [1.165, 1.54) is 30.0 Å². The Morgan fingerprint density at radius 1 is 1.50 bits per heavy atom. The smallest absolute Gasteiger partial charge is 0.234 e. The molecular weight excluding hydrogens is 351 g/mol. The first-order valence-corrected chi connectivity index (χ1v) is 8.70. The zero-order valence-electron chi connectivity index (χ0n) is 13.4. The second-order valence-corrected chi connectivity index (χ2v) is 6.71. The van der Waals surface area contributed by atoms with Gasteiger partial charge in [-0.15, -0.1) is 16.8 Å². The molecule has 0 radical (unpaired) electrons. The number of rotatable bonds is 7. The van der Waals surface area contributed by atoms with Gasteiger partial charge >= 0.3 is 0 Å². The number of nitrogens with zero attached hydrogens (tertiary/aromatic N) is 3. The number of thioether (sulfide) groups is 1. The SMILES string of the molecule is C=CCn1c(SCC(=O)Nc2ccc(F)c(Cl)c2)nnc1C(C)C. The number of nitrogens with one attached hydrogen (secondary N) is 1. The predicted octanol–water partition coefficient (Wildman–Crippen LogP) is 4.11. The van der Waals surface area contributed by atoms with Crippen molar-refractivity contribution < 1.29 is 9.18 Å². The van der Waals surface area contributed by atoms with E-state index in [0.29, 0.717) is 17.4 Å². The molecule has 0 unspecified atom stereocenters. The fourth-order valence-corrected chi connectivity index (χ4v) is 2.97. The highest BCUT2D eigenvalue weighted by Gasteiger charge is 2.15. The summed E-state index contributed by atoms with van der Waals surface area (Å²) in [6.07, 6.45) is 1.76. The van der Waals surface area contributed by atoms with Gasteiger partial charge in [-0.3, -0.25) is 4.79 Å². The molecule has 2 rings (SSSR count). The van der Waals surface area contributed by atoms with Crippen LogP contribution in [-0.2, 0) is 11.3 Å². The molecule has 1 amide bonds. The third-order valence-electron chi connectivity index (χ3n) is 3.11. The van der Waals surface area contributed by atoms with Crippen LogP contribution in [0.3, 0.4) is 0 Å². The van der Waals surface area contributed by atoms with Crippen molar-refractivity contribution in [2.24, 2.45) is 0 Å². The fraction of sp³-hybridized carbons (Fsp3) is 0.312. The van der Waals surface area contributed by atoms with Crippen LogP contribution in [0.5, 0.6) is 0 Å². The minimum atomic E-state index is -0.525. The first kappa shape index (κ1) is 18.5. The lowest BCUT2D eigenvalue weighted by Gasteiger charge is -2.10. The van der Waals surface area contributed by atoms with Gasteiger partial charge < -0.3 is 9.88 Å². The van der Waals surface area contributed by atoms with Gasteiger partial charge in [0.2, 0.25) is 5.91 Å². The van der Waals surface area contributed by atoms with Crippen LogP contribution in [0.25, 0.3) is 0 Å². The van der Waals surface area contributed by atoms with E-state index in [1.807, 2.05) is 18.4 Å². The number of amides is 1. The van der Waals surface area contributed by atoms with E-state index in [1.54, 1.807) is 6.08 Å². The molecule has 0 bridgehead atoms. The van der Waals surface area contributed by atoms with Crippen LogP contribution in [0.2, 0.25) is 5.02 Å². The molecular formula is C16H18ClFN4OS. The molecule has 0 aliphatic carbocycles. The van der Waals surface area contributed by atoms with Crippen LogP contribution in [0.15, 0.2) is 36.0 Å². The number of aromatic nitrogens is 3. The summed E-state index contributed by atoms with van der Waals surface area (Å²) in [5.41, 5.74) is 0.447. The largest absolute Gasteiger partial charge is 0.325 e. The van der Waals surface area contributed by atoms with Crippen molar-refractivity contribution >= 4 is 35.0 Å². The number of hydrogen-bond acceptors (Lipinski definition) is 4. The van der Waals surface area contributed by atoms with E-state index < -0.39 is 5.82 Å². The van der Waals surface area contributed by atoms with Gasteiger partial charge in [-0.25, -0.2) is 4.39 Å². The average molecular weight is 369 g/mol. The molecule has 5 nitrogen and oxygen atoms in total. The van der Waals surface area contributed by atoms with Crippen molar-refractivity contribution in [3.05, 3.63) is 47.5 Å². The molecule has 0 spiro atoms. The standard InChI is InChI=1S/C16H18ClFN4OS/c1-4-7-22-15(10(2)3)20-21-16(22)24-9-14(23)19-11-5-6-13(18)12(17)8-11/h4-6,8,10H,1,7,9H2,2-3H3,(H,19,23). The molecule has 24 heavy (non-hydrogen) atoms. The van der Waals surface area contributed by atoms with Crippen molar-refractivity contribution in [1.82, 2.24) is 14.8 Å². The molecule has 1 heterocycles. The third-order valence-corrected chi connectivity index (χ3v) is 4.37. The Hall–Kier alpha value is -1.86. The Kier molecular flexibility index (Phi) is 6.39. The highest BCUT2D eigenvalue weighted by molar-refractivity contribution is 7.99. The van der Waals surface area contributed by atoms with Crippen molar-refractivity contribution in [3.63, 3.8) is 0 Å². The lowest BCUT2D eigenvalue weighted by atomic mass is 10.2. The summed E-state index contributed by atoms with van der Waals surface area (Å²) < 4.78 is 15.1. The molecule has 0 aliphatic heterocycles. The van der Waals surface area contributed by atoms with Crippen LogP contribution < -0.4 is 5.32 Å². The van der Waals surface area contributed by atoms with Crippen molar-refractivity contribution in [3.8, 4) is 0 Å². The topological polar surface area (TPSA) is 59.8 Å². The van der Waals surface area contributed by atoms with Gasteiger partial charge in [-0.05, 0) is 18.2 Å². The highest BCUT2D eigenvalue weighted by atomic mass is 35.5. The van der Waals surface area contributed by atoms with E-state index >= 15 is 0 Å². The highest BCUT2D eigenvalue weighted by Crippen LogP contribution is 2.23. The maximum Gasteiger partial charge on any atom is 0.234 e. The number of hydrogen-bond donors (Lipinski definition) is 1. The third kappa shape index (κ3) is 4.58. The summed E-state index contributed by atoms with van der Waals surface area (Å²) in [5, 5.41) is 11.6. The summed E-state index contributed by atoms with van der Waals surface area (Å²) in [6.45, 7) is 8.38. The van der Waals surface area contributed by atoms with Gasteiger partial charge in [0.1, 0.15) is 11.6 Å². The molecule has 1 aromatic carbocycles. The van der Waals surface area contributed by atoms with Gasteiger partial charge in [0.15, 0.2) is 5.16 Å². The van der Waals surface area contributed by atoms with Crippen LogP contribution in [0, 0.1) is 5.82 Å². The Balaban J connectivity index is 2.01. The van der Waals surface area contributed by atoms with Crippen LogP contribution in [0.1, 0.15) is 25.6 Å². The number of anilines is 1. The van der Waals surface area contributed by atoms with E-state index in [2.05, 4.69) is 22.1 Å². The second kappa shape index (κ2) is 8.30. The van der Waals surface area contributed by atoms with Crippen molar-refractivity contribution in [1.29, 1.82) is 0 Å². The predicted molar refractivity (Wildman–Crippen MR) is 95.1 cm³/mol. The minimum absolute atomic E-state index is 0.0345. The van der Waals surface area contributed by atoms with Gasteiger partial charge in [0.05, 0.1) is 10.8 Å². The molecule has 1 N–H and O–H groups in total. The maximum absolute atomic E-state index is 13.1. The second-order valence-electron chi connectivity index (χ2n) is 5.36. The van der Waals surface area contributed by atoms with E-state index in [4.69, 9.17) is 11.6 Å². The lowest BCUT2D eigenvalue weighted by molar-refractivity contribution is -0.113. The average Bonchev–Trinajstić information content (AvgIpc) is 2.92. The van der Waals surface area contributed by atoms with Gasteiger partial charge in [-0.1, -0.05) is 43.3 Å². The fourth-order valence-electron chi connectivity index (χ4n) is 2.04. The Labute approximate surface area is 149 Å². The number of halogens is 2. The Morgan fingerprint density at radius 3 is 2.88 bits per heavy atom. The number of carbonyl (C=O) groups is 1. The Morgan fingerprint density at radius 2 is 2.25 bits per heavy atom. The molecule has 0 aliphatic rings. The molecule has 0 fully saturated rings. The van der Waals surface area contributed by atoms with Crippen LogP contribution >= 0.6 is 23.4 Å². The Bertz CT molecular complexity index is 748. The molecule has 0 saturated heterocycles. The first-order valence-electron chi connectivity index (χ1n) is 7.34. The summed E-state index contributed by atoms with van der Waals surface area (Å²) in [7, 11) is 0. The molecule has 0 saturated carbocycles. The summed E-state index contributed by atoms with van der Waals surface area (Å²) in [4.78, 5) is 12.0. The molecule has 128 valence electrons. The lowest BCUT2D eigenvalue weighted by Crippen LogP contribution is -2.15. The number of benzene rings is 1. The zero-order chi connectivity index (χ0) is 17.7. The molecule has 8 heteroatoms. The zero-order valence-corrected chi connectivity index (χ0v) is 15.0. The van der Waals surface area contributed by atoms with E-state index in [-0.39, 0.29) is 22.6 Å². The van der Waals surface area contributed by atoms with Gasteiger partial charge in [0.25, 0.3) is 0 Å². The van der Waals surface area contributed by atoms with Gasteiger partial charge in [-0.2, -0.15) is 0 Å². The summed E-state index contributed by atoms with van der Waals surface area (Å²) >= 11 is 6.98. The van der Waals surface area contributed by atoms with E-state index in [0.717, 1.165) is 5.82 Å². The van der Waals surface area contributed by atoms with Crippen molar-refractivity contribution in [2.75, 3.05) is 11.1 Å². The molecule has 1 aromatic heterocycles. The van der Waals surface area contributed by atoms with Gasteiger partial charge in [0, 0.05) is 18.2 Å². The first-order chi connectivity index (χ1) is 11.4. The minimum Gasteiger partial charge on any atom is -0.325 e. The number of carbonyl (C=O) groups excluding carboxylic acids is 1. The van der Waals surface area contributed by atoms with Crippen LogP contribution in [0.4, 0.5) is 10.1 Å². The number of allylic oxidation sites excluding steroid dienone is 1. The quantitative estimate of drug-likeness (QED) is 0.590. The molecule has 0 atom stereocenters. The summed E-state index contributed by atoms with van der Waals surface area (Å²) in [5.74, 6) is 0.470. The van der Waals surface area contributed by atoms with Crippen molar-refractivity contribution in [2.45, 2.75) is 31.5 Å². The van der Waals surface area contributed by atoms with E-state index in [9.17, 15) is 9.18 Å². The monoisotopic (exact) mass is 368 g/mol. The van der Waals surface area contributed by atoms with Crippen LogP contribution in [-0.4, -0.2) is 26.4 Å². The maximum atomic E-state index is 13.1. The molecule has 2 aromatic rings.